The van der Waals surface area contributed by atoms with E-state index in [2.05, 4.69) is 40.4 Å². The third-order valence-corrected chi connectivity index (χ3v) is 17.2. The zero-order valence-electron chi connectivity index (χ0n) is 28.6. The zero-order valence-corrected chi connectivity index (χ0v) is 31.3. The molecule has 0 fully saturated rings. The molecule has 0 spiro atoms. The molecule has 0 amide bonds. The number of benzene rings is 3. The van der Waals surface area contributed by atoms with E-state index in [1.165, 1.54) is 11.8 Å². The fraction of sp³-hybridized carbons (Fsp3) is 0.432. The van der Waals surface area contributed by atoms with E-state index in [-0.39, 0.29) is 16.7 Å². The first-order chi connectivity index (χ1) is 20.9. The fourth-order valence-corrected chi connectivity index (χ4v) is 10.1. The van der Waals surface area contributed by atoms with Gasteiger partial charge in [0.1, 0.15) is 0 Å². The molecule has 0 aromatic heterocycles. The minimum atomic E-state index is -3.97. The van der Waals surface area contributed by atoms with Crippen molar-refractivity contribution in [1.82, 2.24) is 4.31 Å². The molecule has 0 heterocycles. The Morgan fingerprint density at radius 1 is 0.956 bits per heavy atom. The maximum atomic E-state index is 14.7. The standard InChI is InChI=1S/C37H51NO4S2Si/c1-12-33(42-45(10,11)37(7,8)9)29(5)36(39)43-34(32-21-17-14-18-22-32)30(6)38(25-31-19-15-13-16-20-31)44(40,41)35-27(3)23-26(2)24-28(35)4/h12-24,29-30,33-34H,1,25H2,2-11H3/t29-,30+,33-,34+/m0/s1. The van der Waals surface area contributed by atoms with Crippen molar-refractivity contribution in [2.45, 2.75) is 102 Å². The summed E-state index contributed by atoms with van der Waals surface area (Å²) in [6.07, 6.45) is 1.29. The van der Waals surface area contributed by atoms with E-state index < -0.39 is 41.7 Å². The van der Waals surface area contributed by atoms with Crippen LogP contribution in [0.3, 0.4) is 0 Å². The first-order valence-electron chi connectivity index (χ1n) is 15.6. The molecule has 0 saturated carbocycles. The van der Waals surface area contributed by atoms with Gasteiger partial charge in [0.05, 0.1) is 22.2 Å². The van der Waals surface area contributed by atoms with E-state index in [0.29, 0.717) is 16.0 Å². The van der Waals surface area contributed by atoms with Crippen LogP contribution in [0.15, 0.2) is 90.3 Å². The van der Waals surface area contributed by atoms with Crippen LogP contribution in [0.2, 0.25) is 18.1 Å². The van der Waals surface area contributed by atoms with Crippen LogP contribution >= 0.6 is 11.8 Å². The van der Waals surface area contributed by atoms with Gasteiger partial charge in [-0.3, -0.25) is 4.79 Å². The predicted octanol–water partition coefficient (Wildman–Crippen LogP) is 9.40. The van der Waals surface area contributed by atoms with Gasteiger partial charge in [-0.2, -0.15) is 4.31 Å². The monoisotopic (exact) mass is 665 g/mol. The number of sulfonamides is 1. The van der Waals surface area contributed by atoms with Crippen molar-refractivity contribution in [2.75, 3.05) is 0 Å². The molecule has 0 unspecified atom stereocenters. The number of aryl methyl sites for hydroxylation is 3. The van der Waals surface area contributed by atoms with Gasteiger partial charge in [-0.25, -0.2) is 8.42 Å². The van der Waals surface area contributed by atoms with Crippen molar-refractivity contribution in [3.05, 3.63) is 113 Å². The number of thioether (sulfide) groups is 1. The van der Waals surface area contributed by atoms with Gasteiger partial charge in [-0.05, 0) is 68.1 Å². The Kier molecular flexibility index (Phi) is 12.3. The van der Waals surface area contributed by atoms with Crippen LogP contribution < -0.4 is 0 Å². The van der Waals surface area contributed by atoms with Gasteiger partial charge in [-0.15, -0.1) is 6.58 Å². The highest BCUT2D eigenvalue weighted by atomic mass is 32.2. The van der Waals surface area contributed by atoms with Crippen LogP contribution in [-0.2, 0) is 25.8 Å². The Morgan fingerprint density at radius 3 is 1.96 bits per heavy atom. The summed E-state index contributed by atoms with van der Waals surface area (Å²) < 4.78 is 37.6. The average Bonchev–Trinajstić information content (AvgIpc) is 2.96. The molecule has 0 N–H and O–H groups in total. The van der Waals surface area contributed by atoms with Crippen molar-refractivity contribution >= 4 is 35.2 Å². The van der Waals surface area contributed by atoms with Crippen LogP contribution in [-0.4, -0.2) is 38.3 Å². The quantitative estimate of drug-likeness (QED) is 0.134. The minimum absolute atomic E-state index is 0.0240. The summed E-state index contributed by atoms with van der Waals surface area (Å²) in [5, 5.41) is -0.549. The number of carbonyl (C=O) groups is 1. The van der Waals surface area contributed by atoms with Gasteiger partial charge in [0.25, 0.3) is 0 Å². The number of carbonyl (C=O) groups excluding carboxylic acids is 1. The molecule has 3 aromatic carbocycles. The number of nitrogens with zero attached hydrogens (tertiary/aromatic N) is 1. The molecule has 0 radical (unpaired) electrons. The molecule has 0 saturated heterocycles. The molecule has 0 aliphatic heterocycles. The van der Waals surface area contributed by atoms with E-state index >= 15 is 0 Å². The highest BCUT2D eigenvalue weighted by Gasteiger charge is 2.42. The van der Waals surface area contributed by atoms with Gasteiger partial charge in [-0.1, -0.05) is 124 Å². The lowest BCUT2D eigenvalue weighted by atomic mass is 10.1. The topological polar surface area (TPSA) is 63.7 Å². The molecule has 0 aliphatic carbocycles. The summed E-state index contributed by atoms with van der Waals surface area (Å²) in [4.78, 5) is 14.4. The maximum Gasteiger partial charge on any atom is 0.244 e. The third kappa shape index (κ3) is 8.86. The molecule has 0 aliphatic rings. The third-order valence-electron chi connectivity index (χ3n) is 8.95. The number of hydrogen-bond donors (Lipinski definition) is 0. The SMILES string of the molecule is C=C[C@H](O[Si](C)(C)C(C)(C)C)[C@H](C)C(=O)S[C@@H](c1ccccc1)[C@@H](C)N(Cc1ccccc1)S(=O)(=O)c1c(C)cc(C)cc1C. The number of rotatable bonds is 13. The van der Waals surface area contributed by atoms with E-state index in [4.69, 9.17) is 4.43 Å². The van der Waals surface area contributed by atoms with Crippen LogP contribution in [0.5, 0.6) is 0 Å². The first-order valence-corrected chi connectivity index (χ1v) is 20.8. The summed E-state index contributed by atoms with van der Waals surface area (Å²) in [6.45, 7) is 24.5. The molecule has 3 rings (SSSR count). The van der Waals surface area contributed by atoms with E-state index in [1.807, 2.05) is 107 Å². The lowest BCUT2D eigenvalue weighted by Gasteiger charge is -2.40. The summed E-state index contributed by atoms with van der Waals surface area (Å²) in [5.41, 5.74) is 4.20. The second kappa shape index (κ2) is 14.9. The molecule has 5 nitrogen and oxygen atoms in total. The second-order valence-corrected chi connectivity index (χ2v) is 21.4. The molecular formula is C37H51NO4S2Si. The van der Waals surface area contributed by atoms with Crippen LogP contribution in [0, 0.1) is 26.7 Å². The van der Waals surface area contributed by atoms with Gasteiger partial charge in [0.15, 0.2) is 13.4 Å². The minimum Gasteiger partial charge on any atom is -0.410 e. The molecule has 0 bridgehead atoms. The van der Waals surface area contributed by atoms with Crippen molar-refractivity contribution in [1.29, 1.82) is 0 Å². The predicted molar refractivity (Wildman–Crippen MR) is 192 cm³/mol. The lowest BCUT2D eigenvalue weighted by Crippen LogP contribution is -2.46. The van der Waals surface area contributed by atoms with Gasteiger partial charge >= 0.3 is 0 Å². The highest BCUT2D eigenvalue weighted by Crippen LogP contribution is 2.42. The normalized spacial score (nSPS) is 15.4. The highest BCUT2D eigenvalue weighted by molar-refractivity contribution is 8.13. The van der Waals surface area contributed by atoms with Crippen molar-refractivity contribution < 1.29 is 17.6 Å². The van der Waals surface area contributed by atoms with E-state index in [1.54, 1.807) is 10.4 Å². The van der Waals surface area contributed by atoms with Gasteiger partial charge < -0.3 is 4.43 Å². The average molecular weight is 666 g/mol. The second-order valence-electron chi connectivity index (χ2n) is 13.6. The van der Waals surface area contributed by atoms with E-state index in [0.717, 1.165) is 16.7 Å². The lowest BCUT2D eigenvalue weighted by molar-refractivity contribution is -0.115. The molecule has 3 aromatic rings. The number of hydrogen-bond acceptors (Lipinski definition) is 5. The Bertz CT molecular complexity index is 1540. The van der Waals surface area contributed by atoms with Crippen LogP contribution in [0.4, 0.5) is 0 Å². The largest absolute Gasteiger partial charge is 0.410 e. The van der Waals surface area contributed by atoms with Crippen LogP contribution in [0.1, 0.15) is 67.7 Å². The Hall–Kier alpha value is -2.49. The smallest absolute Gasteiger partial charge is 0.244 e. The molecule has 8 heteroatoms. The Morgan fingerprint density at radius 2 is 1.47 bits per heavy atom. The molecule has 45 heavy (non-hydrogen) atoms. The zero-order chi connectivity index (χ0) is 33.7. The Labute approximate surface area is 277 Å². The Balaban J connectivity index is 2.09. The summed E-state index contributed by atoms with van der Waals surface area (Å²) in [6, 6.07) is 22.6. The van der Waals surface area contributed by atoms with Crippen molar-refractivity contribution in [2.24, 2.45) is 5.92 Å². The van der Waals surface area contributed by atoms with Crippen LogP contribution in [0.25, 0.3) is 0 Å². The molecule has 244 valence electrons. The fourth-order valence-electron chi connectivity index (χ4n) is 5.38. The van der Waals surface area contributed by atoms with Gasteiger partial charge in [0.2, 0.25) is 10.0 Å². The first kappa shape index (κ1) is 37.0. The van der Waals surface area contributed by atoms with E-state index in [9.17, 15) is 13.2 Å². The summed E-state index contributed by atoms with van der Waals surface area (Å²) in [5.74, 6) is -0.471. The molecular weight excluding hydrogens is 615 g/mol. The van der Waals surface area contributed by atoms with Crippen molar-refractivity contribution in [3.8, 4) is 0 Å². The summed E-state index contributed by atoms with van der Waals surface area (Å²) >= 11 is 1.19. The summed E-state index contributed by atoms with van der Waals surface area (Å²) in [7, 11) is -6.16. The maximum absolute atomic E-state index is 14.7. The van der Waals surface area contributed by atoms with Gasteiger partial charge in [0, 0.05) is 12.6 Å². The van der Waals surface area contributed by atoms with Crippen molar-refractivity contribution in [3.63, 3.8) is 0 Å². The molecule has 4 atom stereocenters.